The predicted molar refractivity (Wildman–Crippen MR) is 230 cm³/mol. The second kappa shape index (κ2) is 12.8. The van der Waals surface area contributed by atoms with Gasteiger partial charge in [0.15, 0.2) is 0 Å². The van der Waals surface area contributed by atoms with Crippen molar-refractivity contribution in [3.8, 4) is 44.5 Å². The van der Waals surface area contributed by atoms with E-state index in [0.717, 1.165) is 17.1 Å². The molecule has 0 unspecified atom stereocenters. The van der Waals surface area contributed by atoms with Gasteiger partial charge in [-0.25, -0.2) is 0 Å². The Labute approximate surface area is 317 Å². The molecule has 1 nitrogen and oxygen atoms in total. The number of anilines is 3. The smallest absolute Gasteiger partial charge is 0.0465 e. The topological polar surface area (TPSA) is 3.24 Å². The molecule has 10 rings (SSSR count). The zero-order valence-corrected chi connectivity index (χ0v) is 30.5. The molecule has 9 aromatic carbocycles. The van der Waals surface area contributed by atoms with Crippen LogP contribution < -0.4 is 4.90 Å². The summed E-state index contributed by atoms with van der Waals surface area (Å²) >= 11 is 0. The molecule has 1 aliphatic carbocycles. The third kappa shape index (κ3) is 5.32. The molecule has 0 amide bonds. The lowest BCUT2D eigenvalue weighted by Gasteiger charge is -2.28. The third-order valence-corrected chi connectivity index (χ3v) is 11.5. The molecule has 0 saturated carbocycles. The predicted octanol–water partition coefficient (Wildman–Crippen LogP) is 14.8. The van der Waals surface area contributed by atoms with E-state index in [-0.39, 0.29) is 5.41 Å². The zero-order valence-electron chi connectivity index (χ0n) is 30.5. The maximum atomic E-state index is 2.41. The summed E-state index contributed by atoms with van der Waals surface area (Å²) < 4.78 is 0. The first kappa shape index (κ1) is 32.0. The van der Waals surface area contributed by atoms with Gasteiger partial charge in [-0.2, -0.15) is 0 Å². The van der Waals surface area contributed by atoms with Gasteiger partial charge >= 0.3 is 0 Å². The molecule has 0 radical (unpaired) electrons. The van der Waals surface area contributed by atoms with Gasteiger partial charge in [-0.3, -0.25) is 0 Å². The highest BCUT2D eigenvalue weighted by Gasteiger charge is 2.35. The summed E-state index contributed by atoms with van der Waals surface area (Å²) in [5.41, 5.74) is 16.0. The Kier molecular flexibility index (Phi) is 7.56. The standard InChI is InChI=1S/C53H39N/c1-53(2)50-18-9-8-16-48(50)49-34-33-45(35-51(49)53)54(43-29-25-39(26-30-43)38-21-19-37(20-22-38)36-11-4-3-5-12-36)44-31-27-41(28-32-44)47-17-10-14-42-24-23-40-13-6-7-15-46(40)52(42)47/h3-35H,1-2H3. The highest BCUT2D eigenvalue weighted by molar-refractivity contribution is 6.14. The van der Waals surface area contributed by atoms with Crippen molar-refractivity contribution in [2.75, 3.05) is 4.90 Å². The molecule has 54 heavy (non-hydrogen) atoms. The largest absolute Gasteiger partial charge is 0.310 e. The van der Waals surface area contributed by atoms with Gasteiger partial charge in [0.2, 0.25) is 0 Å². The molecule has 0 fully saturated rings. The second-order valence-corrected chi connectivity index (χ2v) is 15.0. The van der Waals surface area contributed by atoms with Crippen LogP contribution in [0.4, 0.5) is 17.1 Å². The molecule has 0 saturated heterocycles. The number of fused-ring (bicyclic) bond motifs is 6. The Morgan fingerprint density at radius 2 is 0.833 bits per heavy atom. The summed E-state index contributed by atoms with van der Waals surface area (Å²) in [6.07, 6.45) is 0. The van der Waals surface area contributed by atoms with Crippen molar-refractivity contribution in [2.24, 2.45) is 0 Å². The van der Waals surface area contributed by atoms with Crippen LogP contribution in [0.2, 0.25) is 0 Å². The Hall–Kier alpha value is -6.70. The lowest BCUT2D eigenvalue weighted by molar-refractivity contribution is 0.660. The highest BCUT2D eigenvalue weighted by Crippen LogP contribution is 2.50. The summed E-state index contributed by atoms with van der Waals surface area (Å²) in [6.45, 7) is 4.71. The Bertz CT molecular complexity index is 2810. The van der Waals surface area contributed by atoms with Crippen LogP contribution in [0.5, 0.6) is 0 Å². The minimum absolute atomic E-state index is 0.0929. The quantitative estimate of drug-likeness (QED) is 0.157. The second-order valence-electron chi connectivity index (χ2n) is 15.0. The van der Waals surface area contributed by atoms with Crippen LogP contribution in [0.25, 0.3) is 66.1 Å². The van der Waals surface area contributed by atoms with Crippen molar-refractivity contribution < 1.29 is 0 Å². The van der Waals surface area contributed by atoms with E-state index in [4.69, 9.17) is 0 Å². The molecule has 1 heteroatoms. The fourth-order valence-corrected chi connectivity index (χ4v) is 8.66. The number of rotatable bonds is 6. The average molecular weight is 690 g/mol. The summed E-state index contributed by atoms with van der Waals surface area (Å²) in [4.78, 5) is 2.41. The normalized spacial score (nSPS) is 12.8. The van der Waals surface area contributed by atoms with E-state index in [9.17, 15) is 0 Å². The van der Waals surface area contributed by atoms with Gasteiger partial charge in [-0.05, 0) is 114 Å². The van der Waals surface area contributed by atoms with Crippen molar-refractivity contribution in [2.45, 2.75) is 19.3 Å². The van der Waals surface area contributed by atoms with Gasteiger partial charge in [-0.15, -0.1) is 0 Å². The molecule has 0 spiro atoms. The maximum absolute atomic E-state index is 2.41. The van der Waals surface area contributed by atoms with Crippen LogP contribution in [0, 0.1) is 0 Å². The monoisotopic (exact) mass is 689 g/mol. The molecule has 0 N–H and O–H groups in total. The van der Waals surface area contributed by atoms with Crippen LogP contribution in [0.1, 0.15) is 25.0 Å². The summed E-state index contributed by atoms with van der Waals surface area (Å²) in [5.74, 6) is 0. The minimum Gasteiger partial charge on any atom is -0.310 e. The van der Waals surface area contributed by atoms with Crippen LogP contribution in [0.3, 0.4) is 0 Å². The van der Waals surface area contributed by atoms with Crippen molar-refractivity contribution in [1.82, 2.24) is 0 Å². The summed E-state index contributed by atoms with van der Waals surface area (Å²) in [7, 11) is 0. The van der Waals surface area contributed by atoms with E-state index in [2.05, 4.69) is 219 Å². The molecule has 1 aliphatic rings. The van der Waals surface area contributed by atoms with Crippen LogP contribution >= 0.6 is 0 Å². The van der Waals surface area contributed by atoms with Crippen LogP contribution in [-0.2, 0) is 5.41 Å². The lowest BCUT2D eigenvalue weighted by atomic mass is 9.82. The van der Waals surface area contributed by atoms with Crippen molar-refractivity contribution in [3.05, 3.63) is 211 Å². The number of nitrogens with zero attached hydrogens (tertiary/aromatic N) is 1. The van der Waals surface area contributed by atoms with Gasteiger partial charge in [-0.1, -0.05) is 178 Å². The molecule has 0 bridgehead atoms. The number of benzene rings is 9. The number of hydrogen-bond acceptors (Lipinski definition) is 1. The first-order valence-corrected chi connectivity index (χ1v) is 18.8. The average Bonchev–Trinajstić information content (AvgIpc) is 3.47. The molecular formula is C53H39N. The molecule has 9 aromatic rings. The van der Waals surface area contributed by atoms with Crippen molar-refractivity contribution in [1.29, 1.82) is 0 Å². The van der Waals surface area contributed by atoms with Gasteiger partial charge in [0.05, 0.1) is 0 Å². The van der Waals surface area contributed by atoms with E-state index in [1.807, 2.05) is 0 Å². The molecule has 0 aromatic heterocycles. The zero-order chi connectivity index (χ0) is 36.2. The van der Waals surface area contributed by atoms with Gasteiger partial charge in [0.1, 0.15) is 0 Å². The SMILES string of the molecule is CC1(C)c2ccccc2-c2ccc(N(c3ccc(-c4ccc(-c5ccccc5)cc4)cc3)c3ccc(-c4cccc5ccc6ccccc6c45)cc3)cc21. The lowest BCUT2D eigenvalue weighted by Crippen LogP contribution is -2.16. The van der Waals surface area contributed by atoms with Gasteiger partial charge in [0, 0.05) is 22.5 Å². The van der Waals surface area contributed by atoms with E-state index >= 15 is 0 Å². The van der Waals surface area contributed by atoms with E-state index in [1.165, 1.54) is 77.2 Å². The van der Waals surface area contributed by atoms with E-state index in [0.29, 0.717) is 0 Å². The van der Waals surface area contributed by atoms with Gasteiger partial charge < -0.3 is 4.90 Å². The van der Waals surface area contributed by atoms with E-state index < -0.39 is 0 Å². The molecular weight excluding hydrogens is 651 g/mol. The Morgan fingerprint density at radius 3 is 1.56 bits per heavy atom. The van der Waals surface area contributed by atoms with Crippen molar-refractivity contribution in [3.63, 3.8) is 0 Å². The fraction of sp³-hybridized carbons (Fsp3) is 0.0566. The summed E-state index contributed by atoms with van der Waals surface area (Å²) in [5, 5.41) is 5.10. The third-order valence-electron chi connectivity index (χ3n) is 11.5. The van der Waals surface area contributed by atoms with Crippen LogP contribution in [-0.4, -0.2) is 0 Å². The molecule has 0 heterocycles. The Balaban J connectivity index is 1.06. The van der Waals surface area contributed by atoms with Gasteiger partial charge in [0.25, 0.3) is 0 Å². The van der Waals surface area contributed by atoms with Crippen LogP contribution in [0.15, 0.2) is 200 Å². The fourth-order valence-electron chi connectivity index (χ4n) is 8.66. The molecule has 0 aliphatic heterocycles. The van der Waals surface area contributed by atoms with E-state index in [1.54, 1.807) is 0 Å². The summed E-state index contributed by atoms with van der Waals surface area (Å²) in [6, 6.07) is 73.3. The molecule has 256 valence electrons. The first-order chi connectivity index (χ1) is 26.5. The number of hydrogen-bond donors (Lipinski definition) is 0. The first-order valence-electron chi connectivity index (χ1n) is 18.8. The highest BCUT2D eigenvalue weighted by atomic mass is 15.1. The molecule has 0 atom stereocenters. The van der Waals surface area contributed by atoms with Crippen molar-refractivity contribution >= 4 is 38.6 Å². The maximum Gasteiger partial charge on any atom is 0.0465 e. The Morgan fingerprint density at radius 1 is 0.333 bits per heavy atom. The minimum atomic E-state index is -0.0929.